The topological polar surface area (TPSA) is 67.1 Å². The first-order valence-corrected chi connectivity index (χ1v) is 8.40. The molecule has 22 heavy (non-hydrogen) atoms. The fourth-order valence-electron chi connectivity index (χ4n) is 2.03. The number of halogens is 2. The number of nitrogens with two attached hydrogens (primary N) is 1. The largest absolute Gasteiger partial charge is 0.325 e. The van der Waals surface area contributed by atoms with E-state index in [2.05, 4.69) is 26.6 Å². The molecule has 0 aliphatic heterocycles. The maximum Gasteiger partial charge on any atom is 0.241 e. The number of thiophene rings is 1. The molecule has 4 nitrogen and oxygen atoms in total. The highest BCUT2D eigenvalue weighted by Crippen LogP contribution is 2.23. The molecule has 1 aromatic heterocycles. The van der Waals surface area contributed by atoms with E-state index >= 15 is 0 Å². The summed E-state index contributed by atoms with van der Waals surface area (Å²) in [6.07, 6.45) is 0.477. The van der Waals surface area contributed by atoms with Gasteiger partial charge in [-0.3, -0.25) is 4.79 Å². The zero-order valence-electron chi connectivity index (χ0n) is 12.0. The summed E-state index contributed by atoms with van der Waals surface area (Å²) in [5.41, 5.74) is 6.66. The van der Waals surface area contributed by atoms with Crippen molar-refractivity contribution in [3.8, 4) is 0 Å². The maximum atomic E-state index is 13.2. The van der Waals surface area contributed by atoms with Gasteiger partial charge in [-0.15, -0.1) is 11.3 Å². The number of hydrogen-bond donors (Lipinski definition) is 3. The van der Waals surface area contributed by atoms with Crippen molar-refractivity contribution in [1.29, 1.82) is 0 Å². The molecule has 7 heteroatoms. The molecule has 2 aromatic rings. The smallest absolute Gasteiger partial charge is 0.241 e. The number of rotatable bonds is 6. The van der Waals surface area contributed by atoms with Crippen molar-refractivity contribution in [1.82, 2.24) is 5.32 Å². The molecular weight excluding hydrogens is 369 g/mol. The Bertz CT molecular complexity index is 636. The second-order valence-electron chi connectivity index (χ2n) is 4.82. The zero-order chi connectivity index (χ0) is 16.1. The van der Waals surface area contributed by atoms with E-state index in [1.807, 2.05) is 17.5 Å². The van der Waals surface area contributed by atoms with Crippen molar-refractivity contribution >= 4 is 38.9 Å². The van der Waals surface area contributed by atoms with E-state index in [1.54, 1.807) is 18.4 Å². The number of carbonyl (C=O) groups excluding carboxylic acids is 1. The number of benzene rings is 1. The molecular formula is C15H17BrFN3OS. The number of likely N-dealkylation sites (N-methyl/N-ethyl adjacent to an activating group) is 1. The van der Waals surface area contributed by atoms with Gasteiger partial charge < -0.3 is 16.4 Å². The van der Waals surface area contributed by atoms with Gasteiger partial charge in [0.2, 0.25) is 5.91 Å². The maximum absolute atomic E-state index is 13.2. The van der Waals surface area contributed by atoms with Crippen LogP contribution in [0.15, 0.2) is 40.2 Å². The first-order valence-electron chi connectivity index (χ1n) is 6.73. The Hall–Kier alpha value is -1.28. The van der Waals surface area contributed by atoms with Crippen molar-refractivity contribution < 1.29 is 9.18 Å². The highest BCUT2D eigenvalue weighted by atomic mass is 79.9. The highest BCUT2D eigenvalue weighted by molar-refractivity contribution is 9.10. The standard InChI is InChI=1S/C15H17BrFN3OS/c1-19-13(8-12(18)14-3-2-6-22-14)15(21)20-9-4-5-11(17)10(16)7-9/h2-7,12-13,19H,8,18H2,1H3,(H,20,21). The normalized spacial score (nSPS) is 13.6. The van der Waals surface area contributed by atoms with Gasteiger partial charge in [-0.1, -0.05) is 6.07 Å². The fourth-order valence-corrected chi connectivity index (χ4v) is 3.15. The molecule has 2 rings (SSSR count). The van der Waals surface area contributed by atoms with Crippen LogP contribution in [0.4, 0.5) is 10.1 Å². The molecule has 1 heterocycles. The molecule has 0 fully saturated rings. The molecule has 0 bridgehead atoms. The summed E-state index contributed by atoms with van der Waals surface area (Å²) >= 11 is 4.67. The van der Waals surface area contributed by atoms with E-state index in [9.17, 15) is 9.18 Å². The van der Waals surface area contributed by atoms with Crippen LogP contribution in [0.2, 0.25) is 0 Å². The summed E-state index contributed by atoms with van der Waals surface area (Å²) in [6, 6.07) is 7.60. The summed E-state index contributed by atoms with van der Waals surface area (Å²) < 4.78 is 13.5. The van der Waals surface area contributed by atoms with E-state index < -0.39 is 6.04 Å². The molecule has 0 aliphatic carbocycles. The van der Waals surface area contributed by atoms with Crippen molar-refractivity contribution in [2.24, 2.45) is 5.73 Å². The van der Waals surface area contributed by atoms with Crippen LogP contribution >= 0.6 is 27.3 Å². The van der Waals surface area contributed by atoms with Crippen molar-refractivity contribution in [3.63, 3.8) is 0 Å². The van der Waals surface area contributed by atoms with Gasteiger partial charge in [0.25, 0.3) is 0 Å². The number of amides is 1. The Morgan fingerprint density at radius 2 is 2.23 bits per heavy atom. The lowest BCUT2D eigenvalue weighted by Crippen LogP contribution is -2.40. The number of carbonyl (C=O) groups is 1. The zero-order valence-corrected chi connectivity index (χ0v) is 14.4. The van der Waals surface area contributed by atoms with Gasteiger partial charge in [0.1, 0.15) is 5.82 Å². The predicted molar refractivity (Wildman–Crippen MR) is 91.4 cm³/mol. The Kier molecular flexibility index (Phi) is 6.07. The van der Waals surface area contributed by atoms with Gasteiger partial charge in [0.15, 0.2) is 0 Å². The van der Waals surface area contributed by atoms with Gasteiger partial charge in [-0.25, -0.2) is 4.39 Å². The van der Waals surface area contributed by atoms with E-state index in [0.717, 1.165) is 4.88 Å². The quantitative estimate of drug-likeness (QED) is 0.714. The SMILES string of the molecule is CNC(CC(N)c1cccs1)C(=O)Nc1ccc(F)c(Br)c1. The molecule has 0 aliphatic rings. The first-order chi connectivity index (χ1) is 10.5. The van der Waals surface area contributed by atoms with Gasteiger partial charge in [0, 0.05) is 16.6 Å². The van der Waals surface area contributed by atoms with E-state index in [-0.39, 0.29) is 17.8 Å². The third-order valence-electron chi connectivity index (χ3n) is 3.25. The average Bonchev–Trinajstić information content (AvgIpc) is 3.02. The van der Waals surface area contributed by atoms with E-state index in [4.69, 9.17) is 5.73 Å². The van der Waals surface area contributed by atoms with Crippen LogP contribution < -0.4 is 16.4 Å². The number of anilines is 1. The summed E-state index contributed by atoms with van der Waals surface area (Å²) in [4.78, 5) is 13.3. The lowest BCUT2D eigenvalue weighted by atomic mass is 10.1. The van der Waals surface area contributed by atoms with Crippen LogP contribution in [0.1, 0.15) is 17.3 Å². The lowest BCUT2D eigenvalue weighted by Gasteiger charge is -2.19. The van der Waals surface area contributed by atoms with Gasteiger partial charge in [0.05, 0.1) is 10.5 Å². The lowest BCUT2D eigenvalue weighted by molar-refractivity contribution is -0.118. The molecule has 2 atom stereocenters. The molecule has 0 spiro atoms. The summed E-state index contributed by atoms with van der Waals surface area (Å²) in [5, 5.41) is 7.69. The van der Waals surface area contributed by atoms with Crippen LogP contribution in [-0.2, 0) is 4.79 Å². The molecule has 0 saturated carbocycles. The van der Waals surface area contributed by atoms with Crippen LogP contribution in [0, 0.1) is 5.82 Å². The van der Waals surface area contributed by atoms with Crippen LogP contribution in [0.25, 0.3) is 0 Å². The van der Waals surface area contributed by atoms with E-state index in [1.165, 1.54) is 18.2 Å². The molecule has 2 unspecified atom stereocenters. The van der Waals surface area contributed by atoms with Gasteiger partial charge >= 0.3 is 0 Å². The second-order valence-corrected chi connectivity index (χ2v) is 6.65. The molecule has 0 saturated heterocycles. The van der Waals surface area contributed by atoms with Crippen molar-refractivity contribution in [2.45, 2.75) is 18.5 Å². The molecule has 4 N–H and O–H groups in total. The minimum Gasteiger partial charge on any atom is -0.325 e. The van der Waals surface area contributed by atoms with Gasteiger partial charge in [-0.2, -0.15) is 0 Å². The second kappa shape index (κ2) is 7.82. The molecule has 1 amide bonds. The highest BCUT2D eigenvalue weighted by Gasteiger charge is 2.21. The molecule has 1 aromatic carbocycles. The average molecular weight is 386 g/mol. The Morgan fingerprint density at radius 3 is 2.82 bits per heavy atom. The Morgan fingerprint density at radius 1 is 1.45 bits per heavy atom. The number of hydrogen-bond acceptors (Lipinski definition) is 4. The van der Waals surface area contributed by atoms with Gasteiger partial charge in [-0.05, 0) is 59.0 Å². The van der Waals surface area contributed by atoms with Crippen molar-refractivity contribution in [3.05, 3.63) is 50.9 Å². The first kappa shape index (κ1) is 17.1. The third kappa shape index (κ3) is 4.36. The Labute approximate surface area is 141 Å². The van der Waals surface area contributed by atoms with E-state index in [0.29, 0.717) is 16.6 Å². The third-order valence-corrected chi connectivity index (χ3v) is 4.86. The predicted octanol–water partition coefficient (Wildman–Crippen LogP) is 3.27. The number of nitrogens with one attached hydrogen (secondary N) is 2. The van der Waals surface area contributed by atoms with Crippen molar-refractivity contribution in [2.75, 3.05) is 12.4 Å². The summed E-state index contributed by atoms with van der Waals surface area (Å²) in [7, 11) is 1.71. The summed E-state index contributed by atoms with van der Waals surface area (Å²) in [5.74, 6) is -0.573. The van der Waals surface area contributed by atoms with Crippen LogP contribution in [0.5, 0.6) is 0 Å². The molecule has 118 valence electrons. The van der Waals surface area contributed by atoms with Crippen LogP contribution in [-0.4, -0.2) is 19.0 Å². The minimum absolute atomic E-state index is 0.201. The monoisotopic (exact) mass is 385 g/mol. The van der Waals surface area contributed by atoms with Crippen LogP contribution in [0.3, 0.4) is 0 Å². The molecule has 0 radical (unpaired) electrons. The Balaban J connectivity index is 2.00. The minimum atomic E-state index is -0.430. The fraction of sp³-hybridized carbons (Fsp3) is 0.267. The summed E-state index contributed by atoms with van der Waals surface area (Å²) in [6.45, 7) is 0.